The summed E-state index contributed by atoms with van der Waals surface area (Å²) in [6, 6.07) is 6.69. The molecule has 1 rings (SSSR count). The third-order valence-corrected chi connectivity index (χ3v) is 2.99. The molecule has 0 unspecified atom stereocenters. The molecule has 0 heterocycles. The van der Waals surface area contributed by atoms with Gasteiger partial charge in [0.15, 0.2) is 5.11 Å². The molecular formula is C12H15ClN2OS. The van der Waals surface area contributed by atoms with Crippen LogP contribution in [0.25, 0.3) is 0 Å². The molecule has 0 aliphatic rings. The van der Waals surface area contributed by atoms with Crippen LogP contribution in [0.3, 0.4) is 0 Å². The molecule has 0 atom stereocenters. The van der Waals surface area contributed by atoms with Gasteiger partial charge in [-0.2, -0.15) is 0 Å². The van der Waals surface area contributed by atoms with Gasteiger partial charge in [0.2, 0.25) is 0 Å². The number of rotatable bonds is 3. The van der Waals surface area contributed by atoms with E-state index in [-0.39, 0.29) is 5.91 Å². The Kier molecular flexibility index (Phi) is 5.38. The summed E-state index contributed by atoms with van der Waals surface area (Å²) in [4.78, 5) is 13.7. The zero-order valence-electron chi connectivity index (χ0n) is 9.87. The Bertz CT molecular complexity index is 401. The van der Waals surface area contributed by atoms with Crippen molar-refractivity contribution in [3.63, 3.8) is 0 Å². The van der Waals surface area contributed by atoms with Gasteiger partial charge in [-0.1, -0.05) is 11.6 Å². The van der Waals surface area contributed by atoms with Crippen LogP contribution in [-0.4, -0.2) is 29.0 Å². The van der Waals surface area contributed by atoms with Gasteiger partial charge in [-0.15, -0.1) is 0 Å². The van der Waals surface area contributed by atoms with Crippen LogP contribution in [0.5, 0.6) is 0 Å². The number of carbonyl (C=O) groups is 1. The van der Waals surface area contributed by atoms with Gasteiger partial charge < -0.3 is 4.90 Å². The molecule has 1 N–H and O–H groups in total. The highest BCUT2D eigenvalue weighted by Gasteiger charge is 2.10. The second kappa shape index (κ2) is 6.57. The zero-order valence-corrected chi connectivity index (χ0v) is 11.4. The van der Waals surface area contributed by atoms with Crippen LogP contribution in [0.4, 0.5) is 0 Å². The minimum absolute atomic E-state index is 0.210. The molecule has 3 nitrogen and oxygen atoms in total. The standard InChI is InChI=1S/C12H15ClN2OS/c1-3-15(4-2)12(17)14-11(16)9-5-7-10(13)8-6-9/h5-8H,3-4H2,1-2H3,(H,14,16,17). The lowest BCUT2D eigenvalue weighted by molar-refractivity contribution is 0.0973. The molecule has 0 aromatic heterocycles. The van der Waals surface area contributed by atoms with Crippen LogP contribution in [-0.2, 0) is 0 Å². The fourth-order valence-electron chi connectivity index (χ4n) is 1.36. The molecule has 0 bridgehead atoms. The summed E-state index contributed by atoms with van der Waals surface area (Å²) in [6.07, 6.45) is 0. The van der Waals surface area contributed by atoms with E-state index in [0.29, 0.717) is 15.7 Å². The van der Waals surface area contributed by atoms with Gasteiger partial charge in [0.05, 0.1) is 0 Å². The maximum absolute atomic E-state index is 11.8. The predicted molar refractivity (Wildman–Crippen MR) is 74.4 cm³/mol. The Morgan fingerprint density at radius 2 is 1.82 bits per heavy atom. The van der Waals surface area contributed by atoms with Gasteiger partial charge in [0.1, 0.15) is 0 Å². The van der Waals surface area contributed by atoms with E-state index >= 15 is 0 Å². The summed E-state index contributed by atoms with van der Waals surface area (Å²) in [5.74, 6) is -0.210. The van der Waals surface area contributed by atoms with Crippen molar-refractivity contribution in [2.45, 2.75) is 13.8 Å². The number of benzene rings is 1. The van der Waals surface area contributed by atoms with Crippen molar-refractivity contribution >= 4 is 34.8 Å². The smallest absolute Gasteiger partial charge is 0.257 e. The van der Waals surface area contributed by atoms with Gasteiger partial charge in [-0.3, -0.25) is 10.1 Å². The minimum atomic E-state index is -0.210. The summed E-state index contributed by atoms with van der Waals surface area (Å²) >= 11 is 10.9. The number of hydrogen-bond donors (Lipinski definition) is 1. The highest BCUT2D eigenvalue weighted by atomic mass is 35.5. The molecule has 0 aliphatic carbocycles. The Hall–Kier alpha value is -1.13. The number of carbonyl (C=O) groups excluding carboxylic acids is 1. The van der Waals surface area contributed by atoms with Crippen molar-refractivity contribution in [3.05, 3.63) is 34.9 Å². The van der Waals surface area contributed by atoms with Crippen molar-refractivity contribution in [1.82, 2.24) is 10.2 Å². The van der Waals surface area contributed by atoms with E-state index in [9.17, 15) is 4.79 Å². The molecule has 0 saturated carbocycles. The summed E-state index contributed by atoms with van der Waals surface area (Å²) in [5, 5.41) is 3.75. The maximum atomic E-state index is 11.8. The zero-order chi connectivity index (χ0) is 12.8. The molecule has 1 aromatic carbocycles. The molecule has 1 aromatic rings. The van der Waals surface area contributed by atoms with Crippen molar-refractivity contribution in [1.29, 1.82) is 0 Å². The topological polar surface area (TPSA) is 32.3 Å². The van der Waals surface area contributed by atoms with Crippen LogP contribution in [0.15, 0.2) is 24.3 Å². The third kappa shape index (κ3) is 3.98. The predicted octanol–water partition coefficient (Wildman–Crippen LogP) is 2.70. The normalized spacial score (nSPS) is 9.82. The van der Waals surface area contributed by atoms with E-state index in [2.05, 4.69) is 5.32 Å². The first-order valence-corrected chi connectivity index (χ1v) is 6.23. The molecule has 92 valence electrons. The van der Waals surface area contributed by atoms with Crippen LogP contribution >= 0.6 is 23.8 Å². The van der Waals surface area contributed by atoms with E-state index in [1.54, 1.807) is 24.3 Å². The maximum Gasteiger partial charge on any atom is 0.257 e. The monoisotopic (exact) mass is 270 g/mol. The summed E-state index contributed by atoms with van der Waals surface area (Å²) in [6.45, 7) is 5.53. The van der Waals surface area contributed by atoms with Gasteiger partial charge in [0, 0.05) is 23.7 Å². The Labute approximate surface area is 112 Å². The highest BCUT2D eigenvalue weighted by Crippen LogP contribution is 2.09. The van der Waals surface area contributed by atoms with E-state index in [0.717, 1.165) is 13.1 Å². The average molecular weight is 271 g/mol. The number of halogens is 1. The molecule has 17 heavy (non-hydrogen) atoms. The number of hydrogen-bond acceptors (Lipinski definition) is 2. The lowest BCUT2D eigenvalue weighted by Crippen LogP contribution is -2.42. The highest BCUT2D eigenvalue weighted by molar-refractivity contribution is 7.80. The molecule has 0 fully saturated rings. The van der Waals surface area contributed by atoms with Crippen LogP contribution < -0.4 is 5.32 Å². The first-order chi connectivity index (χ1) is 8.08. The van der Waals surface area contributed by atoms with E-state index < -0.39 is 0 Å². The Balaban J connectivity index is 2.66. The van der Waals surface area contributed by atoms with E-state index in [1.807, 2.05) is 18.7 Å². The van der Waals surface area contributed by atoms with Crippen molar-refractivity contribution < 1.29 is 4.79 Å². The first kappa shape index (κ1) is 13.9. The molecule has 5 heteroatoms. The number of thiocarbonyl (C=S) groups is 1. The van der Waals surface area contributed by atoms with E-state index in [4.69, 9.17) is 23.8 Å². The van der Waals surface area contributed by atoms with Crippen molar-refractivity contribution in [2.75, 3.05) is 13.1 Å². The number of amides is 1. The Morgan fingerprint density at radius 3 is 2.29 bits per heavy atom. The fraction of sp³-hybridized carbons (Fsp3) is 0.333. The largest absolute Gasteiger partial charge is 0.350 e. The fourth-order valence-corrected chi connectivity index (χ4v) is 1.84. The molecule has 1 amide bonds. The van der Waals surface area contributed by atoms with Crippen molar-refractivity contribution in [2.24, 2.45) is 0 Å². The van der Waals surface area contributed by atoms with Crippen molar-refractivity contribution in [3.8, 4) is 0 Å². The minimum Gasteiger partial charge on any atom is -0.350 e. The lowest BCUT2D eigenvalue weighted by atomic mass is 10.2. The number of nitrogens with one attached hydrogen (secondary N) is 1. The summed E-state index contributed by atoms with van der Waals surface area (Å²) < 4.78 is 0. The van der Waals surface area contributed by atoms with Crippen LogP contribution in [0.2, 0.25) is 5.02 Å². The second-order valence-electron chi connectivity index (χ2n) is 3.44. The summed E-state index contributed by atoms with van der Waals surface area (Å²) in [7, 11) is 0. The third-order valence-electron chi connectivity index (χ3n) is 2.38. The van der Waals surface area contributed by atoms with Gasteiger partial charge in [0.25, 0.3) is 5.91 Å². The molecule has 0 radical (unpaired) electrons. The molecule has 0 spiro atoms. The average Bonchev–Trinajstić information content (AvgIpc) is 2.31. The quantitative estimate of drug-likeness (QED) is 0.857. The summed E-state index contributed by atoms with van der Waals surface area (Å²) in [5.41, 5.74) is 0.545. The number of nitrogens with zero attached hydrogens (tertiary/aromatic N) is 1. The molecule has 0 saturated heterocycles. The van der Waals surface area contributed by atoms with Gasteiger partial charge in [-0.25, -0.2) is 0 Å². The molecular weight excluding hydrogens is 256 g/mol. The first-order valence-electron chi connectivity index (χ1n) is 5.44. The Morgan fingerprint density at radius 1 is 1.29 bits per heavy atom. The van der Waals surface area contributed by atoms with Gasteiger partial charge >= 0.3 is 0 Å². The second-order valence-corrected chi connectivity index (χ2v) is 4.26. The molecule has 0 aliphatic heterocycles. The lowest BCUT2D eigenvalue weighted by Gasteiger charge is -2.21. The van der Waals surface area contributed by atoms with Crippen LogP contribution in [0.1, 0.15) is 24.2 Å². The van der Waals surface area contributed by atoms with Gasteiger partial charge in [-0.05, 0) is 50.3 Å². The van der Waals surface area contributed by atoms with Crippen LogP contribution in [0, 0.1) is 0 Å². The SMILES string of the molecule is CCN(CC)C(=S)NC(=O)c1ccc(Cl)cc1. The van der Waals surface area contributed by atoms with E-state index in [1.165, 1.54) is 0 Å².